The van der Waals surface area contributed by atoms with Gasteiger partial charge in [0.05, 0.1) is 10.4 Å². The van der Waals surface area contributed by atoms with Gasteiger partial charge in [-0.1, -0.05) is 24.3 Å². The summed E-state index contributed by atoms with van der Waals surface area (Å²) in [5.41, 5.74) is -0.938. The van der Waals surface area contributed by atoms with Crippen LogP contribution in [-0.4, -0.2) is 15.0 Å². The zero-order valence-electron chi connectivity index (χ0n) is 10.8. The number of aromatic nitrogens is 3. The molecule has 0 unspecified atom stereocenters. The molecule has 3 nitrogen and oxygen atoms in total. The monoisotopic (exact) mass is 341 g/mol. The topological polar surface area (TPSA) is 38.7 Å². The van der Waals surface area contributed by atoms with E-state index in [0.29, 0.717) is 4.88 Å². The van der Waals surface area contributed by atoms with Crippen molar-refractivity contribution in [2.75, 3.05) is 0 Å². The third-order valence-electron chi connectivity index (χ3n) is 2.82. The highest BCUT2D eigenvalue weighted by Gasteiger charge is 2.34. The van der Waals surface area contributed by atoms with E-state index in [4.69, 9.17) is 11.6 Å². The summed E-state index contributed by atoms with van der Waals surface area (Å²) >= 11 is 7.21. The van der Waals surface area contributed by atoms with Crippen molar-refractivity contribution in [3.63, 3.8) is 0 Å². The van der Waals surface area contributed by atoms with Gasteiger partial charge in [0.1, 0.15) is 0 Å². The number of halogens is 4. The molecule has 0 N–H and O–H groups in total. The molecule has 0 saturated heterocycles. The van der Waals surface area contributed by atoms with Crippen LogP contribution >= 0.6 is 22.9 Å². The zero-order chi connectivity index (χ0) is 15.7. The quantitative estimate of drug-likeness (QED) is 0.662. The van der Waals surface area contributed by atoms with Crippen molar-refractivity contribution in [1.29, 1.82) is 0 Å². The summed E-state index contributed by atoms with van der Waals surface area (Å²) < 4.78 is 39.3. The SMILES string of the molecule is FC(F)(F)c1ccccc1-c1nc(Cl)nc(-c2cccs2)n1. The van der Waals surface area contributed by atoms with Crippen molar-refractivity contribution >= 4 is 22.9 Å². The lowest BCUT2D eigenvalue weighted by Crippen LogP contribution is -2.08. The first-order valence-corrected chi connectivity index (χ1v) is 7.33. The van der Waals surface area contributed by atoms with Crippen LogP contribution in [0.1, 0.15) is 5.56 Å². The minimum atomic E-state index is -4.50. The van der Waals surface area contributed by atoms with Crippen LogP contribution < -0.4 is 0 Å². The molecule has 1 aromatic carbocycles. The normalized spacial score (nSPS) is 11.6. The molecule has 0 aliphatic rings. The minimum absolute atomic E-state index is 0.101. The van der Waals surface area contributed by atoms with Crippen molar-refractivity contribution in [1.82, 2.24) is 15.0 Å². The summed E-state index contributed by atoms with van der Waals surface area (Å²) in [6, 6.07) is 8.66. The molecule has 0 aliphatic heterocycles. The van der Waals surface area contributed by atoms with Gasteiger partial charge in [0.2, 0.25) is 5.28 Å². The number of rotatable bonds is 2. The Morgan fingerprint density at radius 2 is 1.64 bits per heavy atom. The summed E-state index contributed by atoms with van der Waals surface area (Å²) in [5, 5.41) is 1.67. The smallest absolute Gasteiger partial charge is 0.207 e. The molecule has 0 aliphatic carbocycles. The van der Waals surface area contributed by atoms with Gasteiger partial charge in [-0.3, -0.25) is 0 Å². The van der Waals surface area contributed by atoms with Gasteiger partial charge >= 0.3 is 6.18 Å². The maximum atomic E-state index is 13.1. The first-order chi connectivity index (χ1) is 10.4. The number of hydrogen-bond acceptors (Lipinski definition) is 4. The molecule has 8 heteroatoms. The van der Waals surface area contributed by atoms with E-state index in [1.165, 1.54) is 29.5 Å². The second-order valence-corrected chi connectivity index (χ2v) is 5.56. The molecule has 0 spiro atoms. The van der Waals surface area contributed by atoms with E-state index < -0.39 is 11.7 Å². The lowest BCUT2D eigenvalue weighted by Gasteiger charge is -2.12. The van der Waals surface area contributed by atoms with Crippen LogP contribution in [0.3, 0.4) is 0 Å². The number of alkyl halides is 3. The first-order valence-electron chi connectivity index (χ1n) is 6.07. The molecule has 22 heavy (non-hydrogen) atoms. The van der Waals surface area contributed by atoms with Gasteiger partial charge in [-0.25, -0.2) is 4.98 Å². The lowest BCUT2D eigenvalue weighted by molar-refractivity contribution is -0.137. The van der Waals surface area contributed by atoms with Crippen LogP contribution in [0, 0.1) is 0 Å². The molecular formula is C14H7ClF3N3S. The Bertz CT molecular complexity index is 803. The first kappa shape index (κ1) is 14.9. The van der Waals surface area contributed by atoms with E-state index in [-0.39, 0.29) is 22.5 Å². The van der Waals surface area contributed by atoms with Crippen LogP contribution in [0.5, 0.6) is 0 Å². The number of thiophene rings is 1. The van der Waals surface area contributed by atoms with E-state index >= 15 is 0 Å². The number of hydrogen-bond donors (Lipinski definition) is 0. The van der Waals surface area contributed by atoms with Crippen molar-refractivity contribution in [2.45, 2.75) is 6.18 Å². The second kappa shape index (κ2) is 5.66. The largest absolute Gasteiger partial charge is 0.417 e. The highest BCUT2D eigenvalue weighted by Crippen LogP contribution is 2.36. The van der Waals surface area contributed by atoms with E-state index in [1.807, 2.05) is 5.38 Å². The number of nitrogens with zero attached hydrogens (tertiary/aromatic N) is 3. The molecule has 0 atom stereocenters. The molecule has 112 valence electrons. The summed E-state index contributed by atoms with van der Waals surface area (Å²) in [5.74, 6) is 0.151. The van der Waals surface area contributed by atoms with Gasteiger partial charge < -0.3 is 0 Å². The van der Waals surface area contributed by atoms with Crippen LogP contribution in [0.15, 0.2) is 41.8 Å². The van der Waals surface area contributed by atoms with Gasteiger partial charge in [0.15, 0.2) is 11.6 Å². The molecule has 0 fully saturated rings. The van der Waals surface area contributed by atoms with E-state index in [2.05, 4.69) is 15.0 Å². The molecule has 3 aromatic rings. The molecule has 0 amide bonds. The lowest BCUT2D eigenvalue weighted by atomic mass is 10.1. The maximum absolute atomic E-state index is 13.1. The van der Waals surface area contributed by atoms with Crippen LogP contribution in [-0.2, 0) is 6.18 Å². The molecule has 0 bridgehead atoms. The summed E-state index contributed by atoms with van der Waals surface area (Å²) in [4.78, 5) is 12.6. The fourth-order valence-electron chi connectivity index (χ4n) is 1.91. The fourth-order valence-corrected chi connectivity index (χ4v) is 2.73. The Morgan fingerprint density at radius 1 is 0.909 bits per heavy atom. The molecule has 2 aromatic heterocycles. The predicted molar refractivity (Wildman–Crippen MR) is 78.6 cm³/mol. The Balaban J connectivity index is 2.18. The van der Waals surface area contributed by atoms with E-state index in [0.717, 1.165) is 6.07 Å². The Hall–Kier alpha value is -1.99. The third kappa shape index (κ3) is 2.95. The van der Waals surface area contributed by atoms with Gasteiger partial charge in [-0.2, -0.15) is 23.1 Å². The summed E-state index contributed by atoms with van der Waals surface area (Å²) in [7, 11) is 0. The molecular weight excluding hydrogens is 335 g/mol. The van der Waals surface area contributed by atoms with Crippen molar-refractivity contribution in [3.05, 3.63) is 52.6 Å². The zero-order valence-corrected chi connectivity index (χ0v) is 12.4. The Kier molecular flexibility index (Phi) is 3.84. The average molecular weight is 342 g/mol. The highest BCUT2D eigenvalue weighted by atomic mass is 35.5. The van der Waals surface area contributed by atoms with Crippen LogP contribution in [0.25, 0.3) is 22.1 Å². The highest BCUT2D eigenvalue weighted by molar-refractivity contribution is 7.13. The molecule has 0 radical (unpaired) electrons. The predicted octanol–water partition coefficient (Wildman–Crippen LogP) is 4.94. The summed E-state index contributed by atoms with van der Waals surface area (Å²) in [6.45, 7) is 0. The fraction of sp³-hybridized carbons (Fsp3) is 0.0714. The third-order valence-corrected chi connectivity index (χ3v) is 3.86. The molecule has 0 saturated carbocycles. The van der Waals surface area contributed by atoms with E-state index in [1.54, 1.807) is 12.1 Å². The Morgan fingerprint density at radius 3 is 2.32 bits per heavy atom. The van der Waals surface area contributed by atoms with Gasteiger partial charge in [-0.15, -0.1) is 11.3 Å². The van der Waals surface area contributed by atoms with Crippen molar-refractivity contribution < 1.29 is 13.2 Å². The minimum Gasteiger partial charge on any atom is -0.207 e. The van der Waals surface area contributed by atoms with Crippen LogP contribution in [0.2, 0.25) is 5.28 Å². The summed E-state index contributed by atoms with van der Waals surface area (Å²) in [6.07, 6.45) is -4.50. The second-order valence-electron chi connectivity index (χ2n) is 4.27. The van der Waals surface area contributed by atoms with Gasteiger partial charge in [0.25, 0.3) is 0 Å². The molecule has 2 heterocycles. The number of benzene rings is 1. The molecule has 3 rings (SSSR count). The average Bonchev–Trinajstić information content (AvgIpc) is 3.00. The Labute approximate surface area is 132 Å². The maximum Gasteiger partial charge on any atom is 0.417 e. The van der Waals surface area contributed by atoms with Gasteiger partial charge in [-0.05, 0) is 29.1 Å². The van der Waals surface area contributed by atoms with E-state index in [9.17, 15) is 13.2 Å². The van der Waals surface area contributed by atoms with Crippen LogP contribution in [0.4, 0.5) is 13.2 Å². The van der Waals surface area contributed by atoms with Gasteiger partial charge in [0, 0.05) is 5.56 Å². The van der Waals surface area contributed by atoms with Crippen molar-refractivity contribution in [2.24, 2.45) is 0 Å². The standard InChI is InChI=1S/C14H7ClF3N3S/c15-13-20-11(19-12(21-13)10-6-3-7-22-10)8-4-1-2-5-9(8)14(16,17)18/h1-7H. The van der Waals surface area contributed by atoms with Crippen molar-refractivity contribution in [3.8, 4) is 22.1 Å².